The van der Waals surface area contributed by atoms with E-state index in [2.05, 4.69) is 75.8 Å². The van der Waals surface area contributed by atoms with Crippen LogP contribution in [-0.4, -0.2) is 43.7 Å². The summed E-state index contributed by atoms with van der Waals surface area (Å²) >= 11 is 0. The molecule has 6 nitrogen and oxygen atoms in total. The normalized spacial score (nSPS) is 15.2. The van der Waals surface area contributed by atoms with E-state index in [0.29, 0.717) is 29.5 Å². The van der Waals surface area contributed by atoms with Gasteiger partial charge >= 0.3 is 0 Å². The van der Waals surface area contributed by atoms with E-state index in [1.807, 2.05) is 35.6 Å². The van der Waals surface area contributed by atoms with Crippen LogP contribution < -0.4 is 5.56 Å². The van der Waals surface area contributed by atoms with E-state index in [0.717, 1.165) is 37.4 Å². The number of aromatic nitrogens is 4. The molecule has 6 heteroatoms. The molecule has 0 unspecified atom stereocenters. The van der Waals surface area contributed by atoms with Gasteiger partial charge in [0, 0.05) is 12.5 Å². The standard InChI is InChI=1S/C31H33N5O/c1-23-32-33-31-35(30(37)27-15-8-9-16-28(27)36(23)31)20-10-19-34-21-17-26(18-22-34)29(24-11-4-2-5-12-24)25-13-6-3-7-14-25/h2-9,11-16,26,29H,10,17-22H2,1H3. The van der Waals surface area contributed by atoms with Crippen LogP contribution in [0.4, 0.5) is 0 Å². The Morgan fingerprint density at radius 1 is 0.811 bits per heavy atom. The van der Waals surface area contributed by atoms with Crippen LogP contribution in [0.1, 0.15) is 42.1 Å². The average molecular weight is 492 g/mol. The van der Waals surface area contributed by atoms with Crippen LogP contribution in [0, 0.1) is 12.8 Å². The summed E-state index contributed by atoms with van der Waals surface area (Å²) in [6.07, 6.45) is 3.27. The van der Waals surface area contributed by atoms with E-state index >= 15 is 0 Å². The van der Waals surface area contributed by atoms with Crippen molar-refractivity contribution in [3.63, 3.8) is 0 Å². The predicted octanol–water partition coefficient (Wildman–Crippen LogP) is 5.29. The number of nitrogens with zero attached hydrogens (tertiary/aromatic N) is 5. The number of fused-ring (bicyclic) bond motifs is 3. The Hall–Kier alpha value is -3.77. The molecular formula is C31H33N5O. The molecule has 3 heterocycles. The molecule has 188 valence electrons. The van der Waals surface area contributed by atoms with Gasteiger partial charge in [-0.25, -0.2) is 0 Å². The number of piperidine rings is 1. The highest BCUT2D eigenvalue weighted by Crippen LogP contribution is 2.37. The molecule has 3 aromatic carbocycles. The lowest BCUT2D eigenvalue weighted by Gasteiger charge is -2.36. The van der Waals surface area contributed by atoms with Gasteiger partial charge in [-0.3, -0.25) is 13.8 Å². The fourth-order valence-corrected chi connectivity index (χ4v) is 6.12. The number of rotatable bonds is 7. The number of hydrogen-bond acceptors (Lipinski definition) is 4. The Labute approximate surface area is 217 Å². The fraction of sp³-hybridized carbons (Fsp3) is 0.323. The third-order valence-electron chi connectivity index (χ3n) is 7.95. The lowest BCUT2D eigenvalue weighted by molar-refractivity contribution is 0.171. The largest absolute Gasteiger partial charge is 0.303 e. The topological polar surface area (TPSA) is 55.4 Å². The minimum Gasteiger partial charge on any atom is -0.303 e. The first-order chi connectivity index (χ1) is 18.2. The van der Waals surface area contributed by atoms with Crippen molar-refractivity contribution in [2.24, 2.45) is 5.92 Å². The van der Waals surface area contributed by atoms with Crippen molar-refractivity contribution in [1.29, 1.82) is 0 Å². The third kappa shape index (κ3) is 4.58. The summed E-state index contributed by atoms with van der Waals surface area (Å²) in [6.45, 7) is 5.73. The summed E-state index contributed by atoms with van der Waals surface area (Å²) in [5, 5.41) is 9.32. The molecule has 1 aliphatic rings. The second-order valence-corrected chi connectivity index (χ2v) is 10.2. The first kappa shape index (κ1) is 23.6. The third-order valence-corrected chi connectivity index (χ3v) is 7.95. The molecule has 0 N–H and O–H groups in total. The predicted molar refractivity (Wildman–Crippen MR) is 148 cm³/mol. The molecule has 0 saturated carbocycles. The van der Waals surface area contributed by atoms with E-state index in [1.54, 1.807) is 4.57 Å². The van der Waals surface area contributed by atoms with Crippen LogP contribution >= 0.6 is 0 Å². The number of likely N-dealkylation sites (tertiary alicyclic amines) is 1. The maximum Gasteiger partial charge on any atom is 0.262 e. The zero-order valence-electron chi connectivity index (χ0n) is 21.3. The Balaban J connectivity index is 1.14. The van der Waals surface area contributed by atoms with Crippen molar-refractivity contribution in [2.75, 3.05) is 19.6 Å². The lowest BCUT2D eigenvalue weighted by Crippen LogP contribution is -2.37. The minimum absolute atomic E-state index is 0.0165. The maximum absolute atomic E-state index is 13.3. The lowest BCUT2D eigenvalue weighted by atomic mass is 9.76. The smallest absolute Gasteiger partial charge is 0.262 e. The van der Waals surface area contributed by atoms with Gasteiger partial charge in [-0.05, 0) is 75.0 Å². The molecule has 2 aromatic heterocycles. The number of benzene rings is 3. The van der Waals surface area contributed by atoms with Gasteiger partial charge in [-0.1, -0.05) is 72.8 Å². The molecule has 5 aromatic rings. The van der Waals surface area contributed by atoms with Gasteiger partial charge in [0.2, 0.25) is 5.78 Å². The molecule has 1 aliphatic heterocycles. The van der Waals surface area contributed by atoms with Crippen LogP contribution in [0.15, 0.2) is 89.7 Å². The molecule has 1 saturated heterocycles. The van der Waals surface area contributed by atoms with Gasteiger partial charge in [-0.2, -0.15) is 0 Å². The Morgan fingerprint density at radius 3 is 2.11 bits per heavy atom. The zero-order chi connectivity index (χ0) is 25.2. The highest BCUT2D eigenvalue weighted by Gasteiger charge is 2.28. The molecule has 0 amide bonds. The molecule has 37 heavy (non-hydrogen) atoms. The quantitative estimate of drug-likeness (QED) is 0.311. The van der Waals surface area contributed by atoms with Crippen LogP contribution in [0.3, 0.4) is 0 Å². The van der Waals surface area contributed by atoms with Crippen molar-refractivity contribution in [1.82, 2.24) is 24.1 Å². The van der Waals surface area contributed by atoms with Crippen molar-refractivity contribution >= 4 is 16.7 Å². The van der Waals surface area contributed by atoms with E-state index in [1.165, 1.54) is 24.0 Å². The number of hydrogen-bond donors (Lipinski definition) is 0. The zero-order valence-corrected chi connectivity index (χ0v) is 21.3. The highest BCUT2D eigenvalue weighted by molar-refractivity contribution is 5.80. The molecule has 0 radical (unpaired) electrons. The van der Waals surface area contributed by atoms with Gasteiger partial charge in [0.15, 0.2) is 0 Å². The van der Waals surface area contributed by atoms with Gasteiger partial charge in [0.25, 0.3) is 5.56 Å². The van der Waals surface area contributed by atoms with Crippen LogP contribution in [0.5, 0.6) is 0 Å². The van der Waals surface area contributed by atoms with Gasteiger partial charge in [-0.15, -0.1) is 10.2 Å². The van der Waals surface area contributed by atoms with Gasteiger partial charge < -0.3 is 4.90 Å². The second-order valence-electron chi connectivity index (χ2n) is 10.2. The first-order valence-corrected chi connectivity index (χ1v) is 13.4. The second kappa shape index (κ2) is 10.3. The summed E-state index contributed by atoms with van der Waals surface area (Å²) < 4.78 is 3.80. The number of para-hydroxylation sites is 1. The van der Waals surface area contributed by atoms with Gasteiger partial charge in [0.1, 0.15) is 5.82 Å². The Morgan fingerprint density at radius 2 is 1.43 bits per heavy atom. The van der Waals surface area contributed by atoms with Crippen LogP contribution in [-0.2, 0) is 6.54 Å². The van der Waals surface area contributed by atoms with E-state index < -0.39 is 0 Å². The monoisotopic (exact) mass is 491 g/mol. The van der Waals surface area contributed by atoms with Crippen LogP contribution in [0.25, 0.3) is 16.7 Å². The van der Waals surface area contributed by atoms with E-state index in [4.69, 9.17) is 0 Å². The minimum atomic E-state index is 0.0165. The fourth-order valence-electron chi connectivity index (χ4n) is 6.12. The SMILES string of the molecule is Cc1nnc2n(CCCN3CCC(C(c4ccccc4)c4ccccc4)CC3)c(=O)c3ccccc3n12. The van der Waals surface area contributed by atoms with Crippen molar-refractivity contribution in [3.8, 4) is 0 Å². The molecule has 0 bridgehead atoms. The summed E-state index contributed by atoms with van der Waals surface area (Å²) in [4.78, 5) is 15.8. The van der Waals surface area contributed by atoms with Crippen molar-refractivity contribution in [3.05, 3.63) is 112 Å². The molecule has 0 atom stereocenters. The van der Waals surface area contributed by atoms with Crippen LogP contribution in [0.2, 0.25) is 0 Å². The van der Waals surface area contributed by atoms with Crippen molar-refractivity contribution < 1.29 is 0 Å². The molecular weight excluding hydrogens is 458 g/mol. The molecule has 0 spiro atoms. The molecule has 1 fully saturated rings. The Kier molecular flexibility index (Phi) is 6.58. The summed E-state index contributed by atoms with van der Waals surface area (Å²) in [6, 6.07) is 29.7. The summed E-state index contributed by atoms with van der Waals surface area (Å²) in [5.41, 5.74) is 3.71. The molecule has 0 aliphatic carbocycles. The van der Waals surface area contributed by atoms with E-state index in [9.17, 15) is 4.79 Å². The summed E-state index contributed by atoms with van der Waals surface area (Å²) in [5.74, 6) is 2.50. The highest BCUT2D eigenvalue weighted by atomic mass is 16.1. The number of aryl methyl sites for hydroxylation is 2. The van der Waals surface area contributed by atoms with E-state index in [-0.39, 0.29) is 5.56 Å². The molecule has 6 rings (SSSR count). The maximum atomic E-state index is 13.3. The Bertz CT molecular complexity index is 1510. The van der Waals surface area contributed by atoms with Crippen molar-refractivity contribution in [2.45, 2.75) is 38.6 Å². The van der Waals surface area contributed by atoms with Gasteiger partial charge in [0.05, 0.1) is 10.9 Å². The average Bonchev–Trinajstić information content (AvgIpc) is 3.34. The summed E-state index contributed by atoms with van der Waals surface area (Å²) in [7, 11) is 0. The first-order valence-electron chi connectivity index (χ1n) is 13.4.